The van der Waals surface area contributed by atoms with E-state index in [4.69, 9.17) is 18.0 Å². The molecule has 0 saturated carbocycles. The molecule has 0 atom stereocenters. The van der Waals surface area contributed by atoms with Crippen molar-refractivity contribution in [3.63, 3.8) is 0 Å². The zero-order valence-corrected chi connectivity index (χ0v) is 14.1. The molecule has 9 heteroatoms. The second-order valence-electron chi connectivity index (χ2n) is 5.25. The number of hydrogen-bond acceptors (Lipinski definition) is 7. The Balaban J connectivity index is 2.08. The predicted octanol–water partition coefficient (Wildman–Crippen LogP) is 2.95. The van der Waals surface area contributed by atoms with Gasteiger partial charge in [-0.3, -0.25) is 0 Å². The lowest BCUT2D eigenvalue weighted by molar-refractivity contribution is 0.402. The highest BCUT2D eigenvalue weighted by Crippen LogP contribution is 2.40. The van der Waals surface area contributed by atoms with Crippen LogP contribution in [0.2, 0.25) is 0 Å². The van der Waals surface area contributed by atoms with E-state index < -0.39 is 15.6 Å². The smallest absolute Gasteiger partial charge is 0.336 e. The van der Waals surface area contributed by atoms with Crippen LogP contribution in [-0.2, 0) is 10.0 Å². The van der Waals surface area contributed by atoms with Crippen LogP contribution in [0.3, 0.4) is 0 Å². The lowest BCUT2D eigenvalue weighted by Gasteiger charge is -2.09. The number of nitrogens with zero attached hydrogens (tertiary/aromatic N) is 1. The van der Waals surface area contributed by atoms with Gasteiger partial charge < -0.3 is 18.0 Å². The molecule has 1 aromatic carbocycles. The van der Waals surface area contributed by atoms with Crippen molar-refractivity contribution in [2.24, 2.45) is 4.40 Å². The van der Waals surface area contributed by atoms with Gasteiger partial charge in [0.15, 0.2) is 11.2 Å². The molecule has 4 rings (SSSR count). The Kier molecular flexibility index (Phi) is 3.66. The van der Waals surface area contributed by atoms with Crippen LogP contribution in [0.1, 0.15) is 5.76 Å². The van der Waals surface area contributed by atoms with Crippen molar-refractivity contribution in [1.29, 1.82) is 0 Å². The molecule has 0 radical (unpaired) electrons. The van der Waals surface area contributed by atoms with Crippen LogP contribution < -0.4 is 10.4 Å². The van der Waals surface area contributed by atoms with Gasteiger partial charge in [-0.05, 0) is 24.3 Å². The van der Waals surface area contributed by atoms with E-state index in [1.807, 2.05) is 0 Å². The van der Waals surface area contributed by atoms with E-state index in [-0.39, 0.29) is 38.3 Å². The first-order chi connectivity index (χ1) is 12.5. The molecule has 0 N–H and O–H groups in total. The Bertz CT molecular complexity index is 1290. The molecule has 0 aliphatic rings. The number of methoxy groups -OCH3 is 1. The number of benzene rings is 1. The minimum Gasteiger partial charge on any atom is -0.490 e. The molecule has 3 heterocycles. The second kappa shape index (κ2) is 5.88. The van der Waals surface area contributed by atoms with Crippen molar-refractivity contribution >= 4 is 38.2 Å². The fourth-order valence-corrected chi connectivity index (χ4v) is 3.90. The monoisotopic (exact) mass is 373 g/mol. The fraction of sp³-hybridized carbons (Fsp3) is 0.0588. The maximum Gasteiger partial charge on any atom is 0.336 e. The normalized spacial score (nSPS) is 12.3. The molecule has 3 aromatic heterocycles. The maximum atomic E-state index is 12.9. The molecular formula is C17H11NO7S. The molecular weight excluding hydrogens is 362 g/mol. The number of ether oxygens (including phenoxy) is 1. The number of fused-ring (bicyclic) bond motifs is 2. The molecule has 0 aliphatic carbocycles. The molecule has 0 spiro atoms. The molecule has 0 fully saturated rings. The van der Waals surface area contributed by atoms with Gasteiger partial charge in [-0.15, -0.1) is 0 Å². The summed E-state index contributed by atoms with van der Waals surface area (Å²) in [6.45, 7) is 0. The zero-order valence-electron chi connectivity index (χ0n) is 13.3. The molecule has 0 bridgehead atoms. The van der Waals surface area contributed by atoms with Crippen LogP contribution in [0.5, 0.6) is 5.75 Å². The highest BCUT2D eigenvalue weighted by molar-refractivity contribution is 7.90. The maximum absolute atomic E-state index is 12.9. The summed E-state index contributed by atoms with van der Waals surface area (Å²) in [7, 11) is -2.80. The lowest BCUT2D eigenvalue weighted by atomic mass is 10.1. The molecule has 8 nitrogen and oxygen atoms in total. The average Bonchev–Trinajstić information content (AvgIpc) is 3.29. The Labute approximate surface area is 146 Å². The number of rotatable bonds is 4. The summed E-state index contributed by atoms with van der Waals surface area (Å²) in [6.07, 6.45) is 3.82. The van der Waals surface area contributed by atoms with Gasteiger partial charge in [0.25, 0.3) is 10.0 Å². The first-order valence-corrected chi connectivity index (χ1v) is 8.80. The Morgan fingerprint density at radius 1 is 1.04 bits per heavy atom. The number of furan rings is 2. The molecule has 0 unspecified atom stereocenters. The van der Waals surface area contributed by atoms with Gasteiger partial charge in [-0.25, -0.2) is 4.79 Å². The Morgan fingerprint density at radius 3 is 2.58 bits per heavy atom. The minimum absolute atomic E-state index is 0.0331. The van der Waals surface area contributed by atoms with E-state index in [0.717, 1.165) is 12.3 Å². The predicted molar refractivity (Wildman–Crippen MR) is 92.3 cm³/mol. The summed E-state index contributed by atoms with van der Waals surface area (Å²) in [5.41, 5.74) is -0.542. The standard InChI is InChI=1S/C17H11NO7S/c1-22-16-14-12(6-8-24-14)17(11-4-5-13(19)25-15(11)16)26(20,21)18-9-10-3-2-7-23-10/h2-9H,1H3/b18-9+. The third kappa shape index (κ3) is 2.49. The van der Waals surface area contributed by atoms with Gasteiger partial charge in [0, 0.05) is 16.8 Å². The van der Waals surface area contributed by atoms with Crippen LogP contribution in [0, 0.1) is 0 Å². The molecule has 0 amide bonds. The van der Waals surface area contributed by atoms with Gasteiger partial charge >= 0.3 is 5.63 Å². The average molecular weight is 373 g/mol. The molecule has 0 aliphatic heterocycles. The molecule has 26 heavy (non-hydrogen) atoms. The van der Waals surface area contributed by atoms with Crippen molar-refractivity contribution < 1.29 is 26.4 Å². The summed E-state index contributed by atoms with van der Waals surface area (Å²) in [5, 5.41) is 0.423. The van der Waals surface area contributed by atoms with E-state index in [1.54, 1.807) is 12.1 Å². The summed E-state index contributed by atoms with van der Waals surface area (Å²) < 4.78 is 50.3. The molecule has 132 valence electrons. The van der Waals surface area contributed by atoms with Crippen LogP contribution in [-0.4, -0.2) is 21.7 Å². The minimum atomic E-state index is -4.17. The third-order valence-corrected chi connectivity index (χ3v) is 5.06. The van der Waals surface area contributed by atoms with E-state index in [9.17, 15) is 13.2 Å². The van der Waals surface area contributed by atoms with Crippen LogP contribution >= 0.6 is 0 Å². The lowest BCUT2D eigenvalue weighted by Crippen LogP contribution is -2.03. The summed E-state index contributed by atoms with van der Waals surface area (Å²) in [5.74, 6) is 0.410. The number of sulfonamides is 1. The SMILES string of the molecule is COc1c2occc2c(S(=O)(=O)/N=C/c2ccco2)c2ccc(=O)oc12. The topological polar surface area (TPSA) is 112 Å². The van der Waals surface area contributed by atoms with E-state index >= 15 is 0 Å². The molecule has 0 saturated heterocycles. The highest BCUT2D eigenvalue weighted by Gasteiger charge is 2.27. The van der Waals surface area contributed by atoms with Crippen LogP contribution in [0.4, 0.5) is 0 Å². The van der Waals surface area contributed by atoms with Gasteiger partial charge in [0.1, 0.15) is 10.7 Å². The summed E-state index contributed by atoms with van der Waals surface area (Å²) >= 11 is 0. The van der Waals surface area contributed by atoms with Crippen molar-refractivity contribution in [3.05, 3.63) is 59.0 Å². The fourth-order valence-electron chi connectivity index (χ4n) is 2.68. The van der Waals surface area contributed by atoms with Gasteiger partial charge in [0.05, 0.1) is 25.9 Å². The zero-order chi connectivity index (χ0) is 18.3. The second-order valence-corrected chi connectivity index (χ2v) is 6.82. The van der Waals surface area contributed by atoms with E-state index in [1.165, 1.54) is 31.8 Å². The summed E-state index contributed by atoms with van der Waals surface area (Å²) in [6, 6.07) is 7.14. The van der Waals surface area contributed by atoms with Gasteiger partial charge in [0.2, 0.25) is 5.75 Å². The van der Waals surface area contributed by atoms with Crippen LogP contribution in [0.25, 0.3) is 21.9 Å². The first kappa shape index (κ1) is 16.2. The third-order valence-electron chi connectivity index (χ3n) is 3.72. The quantitative estimate of drug-likeness (QED) is 0.399. The van der Waals surface area contributed by atoms with E-state index in [2.05, 4.69) is 4.40 Å². The van der Waals surface area contributed by atoms with E-state index in [0.29, 0.717) is 0 Å². The molecule has 4 aromatic rings. The largest absolute Gasteiger partial charge is 0.490 e. The van der Waals surface area contributed by atoms with Gasteiger partial charge in [-0.2, -0.15) is 12.8 Å². The van der Waals surface area contributed by atoms with Crippen molar-refractivity contribution in [2.45, 2.75) is 4.90 Å². The summed E-state index contributed by atoms with van der Waals surface area (Å²) in [4.78, 5) is 11.5. The highest BCUT2D eigenvalue weighted by atomic mass is 32.2. The Morgan fingerprint density at radius 2 is 1.85 bits per heavy atom. The van der Waals surface area contributed by atoms with Crippen molar-refractivity contribution in [2.75, 3.05) is 7.11 Å². The number of hydrogen-bond donors (Lipinski definition) is 0. The van der Waals surface area contributed by atoms with Crippen LogP contribution in [0.15, 0.2) is 70.2 Å². The first-order valence-electron chi connectivity index (χ1n) is 7.36. The van der Waals surface area contributed by atoms with Gasteiger partial charge in [-0.1, -0.05) is 0 Å². The Hall–Kier alpha value is -3.33. The van der Waals surface area contributed by atoms with Crippen molar-refractivity contribution in [3.8, 4) is 5.75 Å². The van der Waals surface area contributed by atoms with Crippen molar-refractivity contribution in [1.82, 2.24) is 0 Å².